The van der Waals surface area contributed by atoms with Crippen LogP contribution in [0, 0.1) is 0 Å². The molecule has 1 atom stereocenters. The zero-order chi connectivity index (χ0) is 23.9. The number of hydrogen-bond acceptors (Lipinski definition) is 4. The van der Waals surface area contributed by atoms with E-state index in [1.54, 1.807) is 30.5 Å². The largest absolute Gasteiger partial charge is 0.481 e. The summed E-state index contributed by atoms with van der Waals surface area (Å²) in [5, 5.41) is 14.3. The number of aryl methyl sites for hydroxylation is 1. The van der Waals surface area contributed by atoms with Crippen molar-refractivity contribution in [2.75, 3.05) is 0 Å². The molecule has 6 heteroatoms. The third-order valence-electron chi connectivity index (χ3n) is 5.66. The van der Waals surface area contributed by atoms with Gasteiger partial charge in [0, 0.05) is 24.2 Å². The zero-order valence-corrected chi connectivity index (χ0v) is 18.9. The SMILES string of the molecule is C[C@@H](NC(=O)c1cc(Oc2ccccn2)ccc1CCCC(=O)O)c1cccc2ccccc12. The third kappa shape index (κ3) is 5.59. The van der Waals surface area contributed by atoms with E-state index in [1.807, 2.05) is 61.5 Å². The van der Waals surface area contributed by atoms with Gasteiger partial charge in [-0.2, -0.15) is 0 Å². The van der Waals surface area contributed by atoms with Gasteiger partial charge in [-0.25, -0.2) is 4.98 Å². The molecule has 2 N–H and O–H groups in total. The lowest BCUT2D eigenvalue weighted by atomic mass is 9.98. The highest BCUT2D eigenvalue weighted by Gasteiger charge is 2.18. The van der Waals surface area contributed by atoms with E-state index < -0.39 is 5.97 Å². The Morgan fingerprint density at radius 1 is 1.00 bits per heavy atom. The number of carbonyl (C=O) groups is 2. The van der Waals surface area contributed by atoms with Gasteiger partial charge in [-0.05, 0) is 59.9 Å². The van der Waals surface area contributed by atoms with E-state index in [2.05, 4.69) is 10.3 Å². The molecule has 34 heavy (non-hydrogen) atoms. The van der Waals surface area contributed by atoms with Crippen molar-refractivity contribution in [1.82, 2.24) is 10.3 Å². The van der Waals surface area contributed by atoms with Crippen LogP contribution in [0.1, 0.15) is 47.3 Å². The van der Waals surface area contributed by atoms with E-state index >= 15 is 0 Å². The number of aromatic nitrogens is 1. The van der Waals surface area contributed by atoms with Crippen molar-refractivity contribution in [3.63, 3.8) is 0 Å². The minimum absolute atomic E-state index is 0.0413. The van der Waals surface area contributed by atoms with E-state index in [4.69, 9.17) is 9.84 Å². The smallest absolute Gasteiger partial charge is 0.303 e. The number of benzene rings is 3. The molecule has 1 amide bonds. The maximum Gasteiger partial charge on any atom is 0.303 e. The molecule has 0 aliphatic heterocycles. The standard InChI is InChI=1S/C28H26N2O4/c1-19(23-12-6-9-20-8-2-3-11-24(20)23)30-28(33)25-18-22(34-26-13-4-5-17-29-26)16-15-21(25)10-7-14-27(31)32/h2-6,8-9,11-13,15-19H,7,10,14H2,1H3,(H,30,33)(H,31,32)/t19-/m1/s1. The number of nitrogens with one attached hydrogen (secondary N) is 1. The number of fused-ring (bicyclic) bond motifs is 1. The first-order valence-corrected chi connectivity index (χ1v) is 11.2. The molecule has 172 valence electrons. The third-order valence-corrected chi connectivity index (χ3v) is 5.66. The number of pyridine rings is 1. The Bertz CT molecular complexity index is 1300. The molecule has 0 aliphatic carbocycles. The molecule has 0 spiro atoms. The molecule has 4 rings (SSSR count). The number of aliphatic carboxylic acids is 1. The molecule has 4 aromatic rings. The fraction of sp³-hybridized carbons (Fsp3) is 0.179. The number of hydrogen-bond donors (Lipinski definition) is 2. The summed E-state index contributed by atoms with van der Waals surface area (Å²) in [6.45, 7) is 1.96. The average Bonchev–Trinajstić information content (AvgIpc) is 2.84. The molecule has 0 saturated heterocycles. The Balaban J connectivity index is 1.60. The molecule has 0 bridgehead atoms. The number of carboxylic acids is 1. The summed E-state index contributed by atoms with van der Waals surface area (Å²) in [7, 11) is 0. The van der Waals surface area contributed by atoms with Crippen molar-refractivity contribution < 1.29 is 19.4 Å². The van der Waals surface area contributed by atoms with Gasteiger partial charge in [0.25, 0.3) is 5.91 Å². The number of carbonyl (C=O) groups excluding carboxylic acids is 1. The number of carboxylic acid groups (broad SMARTS) is 1. The van der Waals surface area contributed by atoms with Crippen LogP contribution in [0.3, 0.4) is 0 Å². The van der Waals surface area contributed by atoms with Crippen LogP contribution in [0.2, 0.25) is 0 Å². The number of ether oxygens (including phenoxy) is 1. The van der Waals surface area contributed by atoms with Crippen LogP contribution >= 0.6 is 0 Å². The highest BCUT2D eigenvalue weighted by molar-refractivity contribution is 5.97. The second-order valence-electron chi connectivity index (χ2n) is 8.10. The van der Waals surface area contributed by atoms with Crippen molar-refractivity contribution >= 4 is 22.6 Å². The summed E-state index contributed by atoms with van der Waals surface area (Å²) in [5.74, 6) is -0.178. The van der Waals surface area contributed by atoms with Crippen molar-refractivity contribution in [1.29, 1.82) is 0 Å². The Labute approximate surface area is 198 Å². The Kier molecular flexibility index (Phi) is 7.18. The number of amides is 1. The van der Waals surface area contributed by atoms with E-state index in [1.165, 1.54) is 0 Å². The highest BCUT2D eigenvalue weighted by atomic mass is 16.5. The molecule has 1 heterocycles. The first kappa shape index (κ1) is 23.0. The van der Waals surface area contributed by atoms with Gasteiger partial charge < -0.3 is 15.2 Å². The lowest BCUT2D eigenvalue weighted by Crippen LogP contribution is -2.27. The van der Waals surface area contributed by atoms with E-state index in [-0.39, 0.29) is 18.4 Å². The highest BCUT2D eigenvalue weighted by Crippen LogP contribution is 2.27. The summed E-state index contributed by atoms with van der Waals surface area (Å²) in [6, 6.07) is 24.5. The predicted molar refractivity (Wildman–Crippen MR) is 131 cm³/mol. The van der Waals surface area contributed by atoms with Gasteiger partial charge in [0.1, 0.15) is 5.75 Å². The summed E-state index contributed by atoms with van der Waals surface area (Å²) < 4.78 is 5.83. The fourth-order valence-electron chi connectivity index (χ4n) is 3.99. The van der Waals surface area contributed by atoms with Gasteiger partial charge >= 0.3 is 5.97 Å². The van der Waals surface area contributed by atoms with Crippen molar-refractivity contribution in [2.45, 2.75) is 32.2 Å². The second-order valence-corrected chi connectivity index (χ2v) is 8.10. The summed E-state index contributed by atoms with van der Waals surface area (Å²) in [6.07, 6.45) is 2.59. The number of nitrogens with zero attached hydrogens (tertiary/aromatic N) is 1. The normalized spacial score (nSPS) is 11.7. The molecule has 6 nitrogen and oxygen atoms in total. The molecule has 1 aromatic heterocycles. The van der Waals surface area contributed by atoms with Crippen LogP contribution in [0.25, 0.3) is 10.8 Å². The van der Waals surface area contributed by atoms with E-state index in [0.29, 0.717) is 30.0 Å². The van der Waals surface area contributed by atoms with Gasteiger partial charge in [-0.3, -0.25) is 9.59 Å². The number of rotatable bonds is 9. The van der Waals surface area contributed by atoms with Crippen LogP contribution in [-0.2, 0) is 11.2 Å². The molecule has 0 aliphatic rings. The fourth-order valence-corrected chi connectivity index (χ4v) is 3.99. The molecule has 0 unspecified atom stereocenters. The van der Waals surface area contributed by atoms with Gasteiger partial charge in [0.2, 0.25) is 5.88 Å². The molecule has 0 radical (unpaired) electrons. The first-order valence-electron chi connectivity index (χ1n) is 11.2. The van der Waals surface area contributed by atoms with Crippen molar-refractivity contribution in [3.05, 3.63) is 102 Å². The first-order chi connectivity index (χ1) is 16.5. The predicted octanol–water partition coefficient (Wildman–Crippen LogP) is 5.93. The Hall–Kier alpha value is -4.19. The quantitative estimate of drug-likeness (QED) is 0.327. The lowest BCUT2D eigenvalue weighted by Gasteiger charge is -2.18. The molecular formula is C28H26N2O4. The minimum Gasteiger partial charge on any atom is -0.481 e. The zero-order valence-electron chi connectivity index (χ0n) is 18.9. The van der Waals surface area contributed by atoms with E-state index in [0.717, 1.165) is 21.9 Å². The van der Waals surface area contributed by atoms with Gasteiger partial charge in [0.15, 0.2) is 0 Å². The van der Waals surface area contributed by atoms with Crippen LogP contribution < -0.4 is 10.1 Å². The van der Waals surface area contributed by atoms with E-state index in [9.17, 15) is 9.59 Å². The van der Waals surface area contributed by atoms with Crippen LogP contribution in [-0.4, -0.2) is 22.0 Å². The van der Waals surface area contributed by atoms with Gasteiger partial charge in [-0.15, -0.1) is 0 Å². The Morgan fingerprint density at radius 2 is 1.79 bits per heavy atom. The topological polar surface area (TPSA) is 88.5 Å². The second kappa shape index (κ2) is 10.6. The average molecular weight is 455 g/mol. The molecular weight excluding hydrogens is 428 g/mol. The Morgan fingerprint density at radius 3 is 2.59 bits per heavy atom. The maximum atomic E-state index is 13.4. The maximum absolute atomic E-state index is 13.4. The monoisotopic (exact) mass is 454 g/mol. The molecule has 0 fully saturated rings. The van der Waals surface area contributed by atoms with Gasteiger partial charge in [0.05, 0.1) is 6.04 Å². The van der Waals surface area contributed by atoms with Crippen LogP contribution in [0.4, 0.5) is 0 Å². The molecule has 3 aromatic carbocycles. The van der Waals surface area contributed by atoms with Gasteiger partial charge in [-0.1, -0.05) is 54.6 Å². The van der Waals surface area contributed by atoms with Crippen LogP contribution in [0.15, 0.2) is 85.1 Å². The van der Waals surface area contributed by atoms with Crippen molar-refractivity contribution in [3.8, 4) is 11.6 Å². The molecule has 0 saturated carbocycles. The summed E-state index contributed by atoms with van der Waals surface area (Å²) in [4.78, 5) is 28.5. The minimum atomic E-state index is -0.856. The summed E-state index contributed by atoms with van der Waals surface area (Å²) >= 11 is 0. The van der Waals surface area contributed by atoms with Crippen molar-refractivity contribution in [2.24, 2.45) is 0 Å². The summed E-state index contributed by atoms with van der Waals surface area (Å²) in [5.41, 5.74) is 2.27. The lowest BCUT2D eigenvalue weighted by molar-refractivity contribution is -0.137. The van der Waals surface area contributed by atoms with Crippen LogP contribution in [0.5, 0.6) is 11.6 Å².